The number of methoxy groups -OCH3 is 1. The van der Waals surface area contributed by atoms with E-state index < -0.39 is 23.7 Å². The molecule has 0 bridgehead atoms. The summed E-state index contributed by atoms with van der Waals surface area (Å²) in [6.45, 7) is 5.30. The molecule has 0 saturated heterocycles. The number of hydrogen-bond donors (Lipinski definition) is 2. The molecule has 0 aromatic rings. The van der Waals surface area contributed by atoms with Crippen molar-refractivity contribution < 1.29 is 24.2 Å². The Labute approximate surface area is 113 Å². The predicted molar refractivity (Wildman–Crippen MR) is 68.9 cm³/mol. The minimum absolute atomic E-state index is 0.0969. The smallest absolute Gasteiger partial charge is 0.407 e. The Morgan fingerprint density at radius 3 is 2.37 bits per heavy atom. The zero-order valence-electron chi connectivity index (χ0n) is 11.9. The van der Waals surface area contributed by atoms with Gasteiger partial charge in [-0.15, -0.1) is 0 Å². The van der Waals surface area contributed by atoms with Crippen molar-refractivity contribution >= 4 is 12.1 Å². The van der Waals surface area contributed by atoms with Gasteiger partial charge in [0.2, 0.25) is 0 Å². The van der Waals surface area contributed by atoms with Crippen molar-refractivity contribution in [2.24, 2.45) is 5.92 Å². The summed E-state index contributed by atoms with van der Waals surface area (Å²) in [6, 6.07) is -0.404. The molecule has 1 aliphatic carbocycles. The molecule has 6 heteroatoms. The van der Waals surface area contributed by atoms with E-state index >= 15 is 0 Å². The molecule has 0 spiro atoms. The van der Waals surface area contributed by atoms with Crippen molar-refractivity contribution in [1.29, 1.82) is 0 Å². The first kappa shape index (κ1) is 15.8. The third-order valence-corrected chi connectivity index (χ3v) is 3.13. The van der Waals surface area contributed by atoms with Crippen molar-refractivity contribution in [2.75, 3.05) is 7.11 Å². The summed E-state index contributed by atoms with van der Waals surface area (Å²) in [7, 11) is 1.63. The van der Waals surface area contributed by atoms with Gasteiger partial charge in [-0.1, -0.05) is 0 Å². The zero-order chi connectivity index (χ0) is 14.6. The van der Waals surface area contributed by atoms with Crippen molar-refractivity contribution in [3.63, 3.8) is 0 Å². The SMILES string of the molecule is COC1CC(C(CC(=O)O)NC(=O)OC(C)(C)C)C1. The van der Waals surface area contributed by atoms with Gasteiger partial charge in [-0.2, -0.15) is 0 Å². The Morgan fingerprint density at radius 1 is 1.37 bits per heavy atom. The van der Waals surface area contributed by atoms with Crippen LogP contribution < -0.4 is 5.32 Å². The average molecular weight is 273 g/mol. The number of hydrogen-bond acceptors (Lipinski definition) is 4. The Bertz CT molecular complexity index is 330. The molecule has 1 unspecified atom stereocenters. The molecule has 0 radical (unpaired) electrons. The fourth-order valence-corrected chi connectivity index (χ4v) is 2.11. The lowest BCUT2D eigenvalue weighted by Crippen LogP contribution is -2.49. The van der Waals surface area contributed by atoms with Crippen LogP contribution in [0.5, 0.6) is 0 Å². The van der Waals surface area contributed by atoms with Gasteiger partial charge in [0.15, 0.2) is 0 Å². The number of alkyl carbamates (subject to hydrolysis) is 1. The third-order valence-electron chi connectivity index (χ3n) is 3.13. The summed E-state index contributed by atoms with van der Waals surface area (Å²) in [5.41, 5.74) is -0.591. The van der Waals surface area contributed by atoms with Gasteiger partial charge in [0.25, 0.3) is 0 Å². The number of carboxylic acids is 1. The molecule has 1 atom stereocenters. The lowest BCUT2D eigenvalue weighted by molar-refractivity contribution is -0.138. The minimum Gasteiger partial charge on any atom is -0.481 e. The zero-order valence-corrected chi connectivity index (χ0v) is 11.9. The summed E-state index contributed by atoms with van der Waals surface area (Å²) in [5, 5.41) is 11.6. The first-order chi connectivity index (χ1) is 8.71. The second kappa shape index (κ2) is 6.23. The van der Waals surface area contributed by atoms with E-state index in [9.17, 15) is 9.59 Å². The number of nitrogens with one attached hydrogen (secondary N) is 1. The van der Waals surface area contributed by atoms with Crippen LogP contribution >= 0.6 is 0 Å². The molecule has 1 amide bonds. The van der Waals surface area contributed by atoms with Gasteiger partial charge in [-0.05, 0) is 39.5 Å². The average Bonchev–Trinajstić information content (AvgIpc) is 2.10. The molecule has 0 heterocycles. The quantitative estimate of drug-likeness (QED) is 0.797. The van der Waals surface area contributed by atoms with Gasteiger partial charge >= 0.3 is 12.1 Å². The highest BCUT2D eigenvalue weighted by Gasteiger charge is 2.37. The molecule has 0 aromatic carbocycles. The van der Waals surface area contributed by atoms with E-state index in [2.05, 4.69) is 5.32 Å². The van der Waals surface area contributed by atoms with Gasteiger partial charge in [-0.25, -0.2) is 4.79 Å². The first-order valence-corrected chi connectivity index (χ1v) is 6.45. The van der Waals surface area contributed by atoms with Gasteiger partial charge in [-0.3, -0.25) is 4.79 Å². The van der Waals surface area contributed by atoms with Crippen molar-refractivity contribution in [1.82, 2.24) is 5.32 Å². The monoisotopic (exact) mass is 273 g/mol. The molecule has 1 aliphatic rings. The minimum atomic E-state index is -0.929. The number of amides is 1. The van der Waals surface area contributed by atoms with Crippen LogP contribution in [0.3, 0.4) is 0 Å². The second-order valence-electron chi connectivity index (χ2n) is 5.94. The highest BCUT2D eigenvalue weighted by atomic mass is 16.6. The van der Waals surface area contributed by atoms with Crippen LogP contribution in [0.15, 0.2) is 0 Å². The molecule has 0 aromatic heterocycles. The van der Waals surface area contributed by atoms with Gasteiger partial charge < -0.3 is 19.9 Å². The fraction of sp³-hybridized carbons (Fsp3) is 0.846. The molecule has 6 nitrogen and oxygen atoms in total. The highest BCUT2D eigenvalue weighted by Crippen LogP contribution is 2.33. The molecule has 1 saturated carbocycles. The van der Waals surface area contributed by atoms with Crippen LogP contribution in [0.25, 0.3) is 0 Å². The van der Waals surface area contributed by atoms with Crippen molar-refractivity contribution in [2.45, 2.75) is 57.8 Å². The van der Waals surface area contributed by atoms with E-state index in [1.54, 1.807) is 27.9 Å². The topological polar surface area (TPSA) is 84.9 Å². The Hall–Kier alpha value is -1.30. The molecule has 2 N–H and O–H groups in total. The van der Waals surface area contributed by atoms with Crippen LogP contribution in [0.2, 0.25) is 0 Å². The summed E-state index contributed by atoms with van der Waals surface area (Å²) < 4.78 is 10.3. The van der Waals surface area contributed by atoms with Gasteiger partial charge in [0.1, 0.15) is 5.60 Å². The molecule has 0 aliphatic heterocycles. The molecule has 1 rings (SSSR count). The number of rotatable bonds is 5. The fourth-order valence-electron chi connectivity index (χ4n) is 2.11. The van der Waals surface area contributed by atoms with Crippen LogP contribution in [0.1, 0.15) is 40.0 Å². The van der Waals surface area contributed by atoms with Crippen molar-refractivity contribution in [3.05, 3.63) is 0 Å². The van der Waals surface area contributed by atoms with Gasteiger partial charge in [0.05, 0.1) is 12.5 Å². The normalized spacial score (nSPS) is 24.2. The molecule has 110 valence electrons. The first-order valence-electron chi connectivity index (χ1n) is 6.45. The maximum atomic E-state index is 11.7. The number of carboxylic acid groups (broad SMARTS) is 1. The van der Waals surface area contributed by atoms with E-state index in [1.807, 2.05) is 0 Å². The van der Waals surface area contributed by atoms with E-state index in [0.717, 1.165) is 12.8 Å². The Balaban J connectivity index is 2.51. The van der Waals surface area contributed by atoms with E-state index in [4.69, 9.17) is 14.6 Å². The molecular formula is C13H23NO5. The predicted octanol–water partition coefficient (Wildman–Crippen LogP) is 1.78. The van der Waals surface area contributed by atoms with E-state index in [1.165, 1.54) is 0 Å². The second-order valence-corrected chi connectivity index (χ2v) is 5.94. The summed E-state index contributed by atoms with van der Waals surface area (Å²) in [6.07, 6.45) is 1.04. The largest absolute Gasteiger partial charge is 0.481 e. The summed E-state index contributed by atoms with van der Waals surface area (Å²) in [5.74, 6) is -0.796. The number of carbonyl (C=O) groups excluding carboxylic acids is 1. The lowest BCUT2D eigenvalue weighted by atomic mass is 9.76. The molecular weight excluding hydrogens is 250 g/mol. The lowest BCUT2D eigenvalue weighted by Gasteiger charge is -2.39. The summed E-state index contributed by atoms with van der Waals surface area (Å²) in [4.78, 5) is 22.5. The van der Waals surface area contributed by atoms with Crippen LogP contribution in [0, 0.1) is 5.92 Å². The molecule has 1 fully saturated rings. The molecule has 19 heavy (non-hydrogen) atoms. The Kier molecular flexibility index (Phi) is 5.17. The van der Waals surface area contributed by atoms with E-state index in [0.29, 0.717) is 0 Å². The Morgan fingerprint density at radius 2 is 1.95 bits per heavy atom. The van der Waals surface area contributed by atoms with E-state index in [-0.39, 0.29) is 18.4 Å². The maximum absolute atomic E-state index is 11.7. The number of carbonyl (C=O) groups is 2. The maximum Gasteiger partial charge on any atom is 0.407 e. The third kappa shape index (κ3) is 5.46. The standard InChI is InChI=1S/C13H23NO5/c1-13(2,3)19-12(17)14-10(7-11(15)16)8-5-9(6-8)18-4/h8-10H,5-7H2,1-4H3,(H,14,17)(H,15,16). The van der Waals surface area contributed by atoms with Crippen LogP contribution in [-0.4, -0.2) is 42.0 Å². The van der Waals surface area contributed by atoms with Crippen LogP contribution in [-0.2, 0) is 14.3 Å². The van der Waals surface area contributed by atoms with Crippen LogP contribution in [0.4, 0.5) is 4.79 Å². The van der Waals surface area contributed by atoms with Crippen molar-refractivity contribution in [3.8, 4) is 0 Å². The number of aliphatic carboxylic acids is 1. The number of ether oxygens (including phenoxy) is 2. The van der Waals surface area contributed by atoms with Gasteiger partial charge in [0, 0.05) is 13.2 Å². The summed E-state index contributed by atoms with van der Waals surface area (Å²) >= 11 is 0. The highest BCUT2D eigenvalue weighted by molar-refractivity contribution is 5.71.